The molecule has 4 rings (SSSR count). The lowest BCUT2D eigenvalue weighted by atomic mass is 9.95. The van der Waals surface area contributed by atoms with Gasteiger partial charge in [-0.25, -0.2) is 0 Å². The van der Waals surface area contributed by atoms with Gasteiger partial charge in [-0.3, -0.25) is 9.59 Å². The van der Waals surface area contributed by atoms with Gasteiger partial charge in [0.1, 0.15) is 0 Å². The minimum Gasteiger partial charge on any atom is -0.381 e. The summed E-state index contributed by atoms with van der Waals surface area (Å²) in [5.41, 5.74) is 6.84. The van der Waals surface area contributed by atoms with Gasteiger partial charge in [0, 0.05) is 58.4 Å². The molecule has 0 atom stereocenters. The summed E-state index contributed by atoms with van der Waals surface area (Å²) < 4.78 is 6.77. The molecule has 36 heavy (non-hydrogen) atoms. The van der Waals surface area contributed by atoms with Crippen molar-refractivity contribution in [3.8, 4) is 11.1 Å². The van der Waals surface area contributed by atoms with Crippen molar-refractivity contribution in [2.75, 3.05) is 24.7 Å². The second-order valence-corrected chi connectivity index (χ2v) is 10.7. The van der Waals surface area contributed by atoms with Gasteiger partial charge in [0.15, 0.2) is 0 Å². The quantitative estimate of drug-likeness (QED) is 0.352. The van der Waals surface area contributed by atoms with Crippen LogP contribution in [0.2, 0.25) is 0 Å². The van der Waals surface area contributed by atoms with Crippen LogP contribution in [0.5, 0.6) is 0 Å². The number of rotatable bonds is 7. The summed E-state index contributed by atoms with van der Waals surface area (Å²) in [4.78, 5) is 31.3. The molecular weight excluding hydrogens is 565 g/mol. The molecule has 1 fully saturated rings. The lowest BCUT2D eigenvalue weighted by Crippen LogP contribution is -2.40. The van der Waals surface area contributed by atoms with Crippen LogP contribution in [0, 0.1) is 24.3 Å². The third-order valence-electron chi connectivity index (χ3n) is 7.00. The topological polar surface area (TPSA) is 74.4 Å². The Hall–Kier alpha value is -2.65. The van der Waals surface area contributed by atoms with Crippen molar-refractivity contribution >= 4 is 34.2 Å². The summed E-state index contributed by atoms with van der Waals surface area (Å²) in [5.74, 6) is -0.177. The van der Waals surface area contributed by atoms with Crippen LogP contribution in [-0.4, -0.2) is 36.7 Å². The van der Waals surface area contributed by atoms with E-state index >= 15 is 0 Å². The van der Waals surface area contributed by atoms with Crippen LogP contribution in [0.25, 0.3) is 11.1 Å². The third-order valence-corrected chi connectivity index (χ3v) is 7.72. The van der Waals surface area contributed by atoms with Gasteiger partial charge in [0.2, 0.25) is 0 Å². The van der Waals surface area contributed by atoms with E-state index in [0.29, 0.717) is 17.2 Å². The van der Waals surface area contributed by atoms with Crippen molar-refractivity contribution in [3.05, 3.63) is 84.3 Å². The number of aromatic nitrogens is 1. The van der Waals surface area contributed by atoms with Crippen LogP contribution in [0.15, 0.2) is 47.3 Å². The molecule has 0 unspecified atom stereocenters. The van der Waals surface area contributed by atoms with E-state index in [0.717, 1.165) is 69.8 Å². The number of H-pyrrole nitrogens is 1. The minimum absolute atomic E-state index is 0.158. The summed E-state index contributed by atoms with van der Waals surface area (Å²) >= 11 is 2.30. The first kappa shape index (κ1) is 26.4. The number of aromatic amines is 1. The Morgan fingerprint density at radius 1 is 1.08 bits per heavy atom. The maximum absolute atomic E-state index is 13.5. The fourth-order valence-electron chi connectivity index (χ4n) is 5.03. The number of anilines is 1. The Morgan fingerprint density at radius 3 is 2.42 bits per heavy atom. The number of hydrogen-bond donors (Lipinski definition) is 2. The first-order chi connectivity index (χ1) is 17.3. The highest BCUT2D eigenvalue weighted by Gasteiger charge is 2.25. The van der Waals surface area contributed by atoms with E-state index in [1.54, 1.807) is 0 Å². The molecule has 1 aliphatic rings. The van der Waals surface area contributed by atoms with Crippen LogP contribution in [0.1, 0.15) is 52.5 Å². The van der Waals surface area contributed by atoms with Crippen molar-refractivity contribution in [2.24, 2.45) is 0 Å². The zero-order chi connectivity index (χ0) is 25.8. The fourth-order valence-corrected chi connectivity index (χ4v) is 5.39. The molecule has 2 aromatic carbocycles. The van der Waals surface area contributed by atoms with Crippen molar-refractivity contribution in [1.82, 2.24) is 10.3 Å². The second-order valence-electron chi connectivity index (χ2n) is 9.43. The maximum atomic E-state index is 13.5. The van der Waals surface area contributed by atoms with Gasteiger partial charge in [0.05, 0.1) is 0 Å². The van der Waals surface area contributed by atoms with Crippen LogP contribution >= 0.6 is 22.6 Å². The number of ether oxygens (including phenoxy) is 1. The standard InChI is InChI=1S/C29H34IN3O3/c1-5-33(24-10-12-36-13-11-24)27-16-22(21-6-8-23(30)9-7-21)15-25(20(27)4)28(34)31-17-26-18(2)14-19(3)32-29(26)35/h6-9,14-16,24H,5,10-13,17H2,1-4H3,(H,31,34)(H,32,35). The fraction of sp³-hybridized carbons (Fsp3) is 0.379. The van der Waals surface area contributed by atoms with Crippen molar-refractivity contribution < 1.29 is 9.53 Å². The zero-order valence-corrected chi connectivity index (χ0v) is 23.6. The lowest BCUT2D eigenvalue weighted by Gasteiger charge is -2.37. The Kier molecular flexibility index (Phi) is 8.51. The highest BCUT2D eigenvalue weighted by atomic mass is 127. The van der Waals surface area contributed by atoms with Gasteiger partial charge < -0.3 is 19.9 Å². The number of nitrogens with one attached hydrogen (secondary N) is 2. The van der Waals surface area contributed by atoms with Crippen LogP contribution in [0.3, 0.4) is 0 Å². The molecule has 0 saturated carbocycles. The van der Waals surface area contributed by atoms with Crippen molar-refractivity contribution in [3.63, 3.8) is 0 Å². The van der Waals surface area contributed by atoms with Gasteiger partial charge in [-0.1, -0.05) is 12.1 Å². The minimum atomic E-state index is -0.177. The maximum Gasteiger partial charge on any atom is 0.253 e. The molecule has 7 heteroatoms. The predicted molar refractivity (Wildman–Crippen MR) is 154 cm³/mol. The molecule has 0 spiro atoms. The molecule has 2 N–H and O–H groups in total. The molecular formula is C29H34IN3O3. The van der Waals surface area contributed by atoms with Crippen LogP contribution < -0.4 is 15.8 Å². The molecule has 3 aromatic rings. The van der Waals surface area contributed by atoms with E-state index in [4.69, 9.17) is 4.74 Å². The Balaban J connectivity index is 1.73. The first-order valence-electron chi connectivity index (χ1n) is 12.5. The number of amides is 1. The number of pyridine rings is 1. The van der Waals surface area contributed by atoms with Crippen LogP contribution in [-0.2, 0) is 11.3 Å². The van der Waals surface area contributed by atoms with E-state index in [1.165, 1.54) is 0 Å². The molecule has 2 heterocycles. The Morgan fingerprint density at radius 2 is 1.78 bits per heavy atom. The molecule has 0 aliphatic carbocycles. The van der Waals surface area contributed by atoms with Gasteiger partial charge in [0.25, 0.3) is 11.5 Å². The van der Waals surface area contributed by atoms with Gasteiger partial charge in [-0.15, -0.1) is 0 Å². The number of benzene rings is 2. The van der Waals surface area contributed by atoms with E-state index in [2.05, 4.69) is 75.0 Å². The third kappa shape index (κ3) is 5.83. The monoisotopic (exact) mass is 599 g/mol. The number of nitrogens with zero attached hydrogens (tertiary/aromatic N) is 1. The molecule has 6 nitrogen and oxygen atoms in total. The predicted octanol–water partition coefficient (Wildman–Crippen LogP) is 5.51. The number of carbonyl (C=O) groups excluding carboxylic acids is 1. The van der Waals surface area contributed by atoms with Gasteiger partial charge in [-0.05, 0) is 116 Å². The molecule has 190 valence electrons. The van der Waals surface area contributed by atoms with E-state index in [1.807, 2.05) is 32.9 Å². The summed E-state index contributed by atoms with van der Waals surface area (Å²) in [6.07, 6.45) is 1.94. The summed E-state index contributed by atoms with van der Waals surface area (Å²) in [7, 11) is 0. The second kappa shape index (κ2) is 11.6. The Labute approximate surface area is 226 Å². The van der Waals surface area contributed by atoms with Crippen molar-refractivity contribution in [2.45, 2.75) is 53.1 Å². The first-order valence-corrected chi connectivity index (χ1v) is 13.6. The Bertz CT molecular complexity index is 1290. The normalized spacial score (nSPS) is 14.0. The summed E-state index contributed by atoms with van der Waals surface area (Å²) in [5, 5.41) is 3.01. The van der Waals surface area contributed by atoms with E-state index < -0.39 is 0 Å². The van der Waals surface area contributed by atoms with Crippen LogP contribution in [0.4, 0.5) is 5.69 Å². The summed E-state index contributed by atoms with van der Waals surface area (Å²) in [6, 6.07) is 14.8. The average molecular weight is 600 g/mol. The number of aryl methyl sites for hydroxylation is 2. The smallest absolute Gasteiger partial charge is 0.253 e. The zero-order valence-electron chi connectivity index (χ0n) is 21.4. The number of halogens is 1. The molecule has 1 saturated heterocycles. The lowest BCUT2D eigenvalue weighted by molar-refractivity contribution is 0.0846. The molecule has 1 amide bonds. The highest BCUT2D eigenvalue weighted by Crippen LogP contribution is 2.34. The van der Waals surface area contributed by atoms with Gasteiger partial charge >= 0.3 is 0 Å². The number of hydrogen-bond acceptors (Lipinski definition) is 4. The van der Waals surface area contributed by atoms with Crippen molar-refractivity contribution in [1.29, 1.82) is 0 Å². The molecule has 1 aromatic heterocycles. The number of carbonyl (C=O) groups is 1. The largest absolute Gasteiger partial charge is 0.381 e. The molecule has 1 aliphatic heterocycles. The average Bonchev–Trinajstić information content (AvgIpc) is 2.86. The van der Waals surface area contributed by atoms with E-state index in [-0.39, 0.29) is 18.0 Å². The highest BCUT2D eigenvalue weighted by molar-refractivity contribution is 14.1. The molecule has 0 radical (unpaired) electrons. The summed E-state index contributed by atoms with van der Waals surface area (Å²) in [6.45, 7) is 10.5. The van der Waals surface area contributed by atoms with E-state index in [9.17, 15) is 9.59 Å². The van der Waals surface area contributed by atoms with Gasteiger partial charge in [-0.2, -0.15) is 0 Å². The SMILES string of the molecule is CCN(c1cc(-c2ccc(I)cc2)cc(C(=O)NCc2c(C)cc(C)[nH]c2=O)c1C)C1CCOCC1. The molecule has 0 bridgehead atoms.